The lowest BCUT2D eigenvalue weighted by molar-refractivity contribution is 0.0908. The first-order valence-electron chi connectivity index (χ1n) is 11.2. The van der Waals surface area contributed by atoms with Crippen LogP contribution >= 0.6 is 0 Å². The maximum Gasteiger partial charge on any atom is 0.251 e. The third-order valence-electron chi connectivity index (χ3n) is 6.07. The number of benzene rings is 3. The molecule has 0 spiro atoms. The van der Waals surface area contributed by atoms with Crippen molar-refractivity contribution in [1.29, 1.82) is 0 Å². The van der Waals surface area contributed by atoms with Gasteiger partial charge in [0.2, 0.25) is 5.91 Å². The normalized spacial score (nSPS) is 14.6. The first-order valence-corrected chi connectivity index (χ1v) is 11.2. The topological polar surface area (TPSA) is 84.7 Å². The number of hydrogen-bond acceptors (Lipinski definition) is 4. The zero-order chi connectivity index (χ0) is 23.2. The molecule has 1 heterocycles. The summed E-state index contributed by atoms with van der Waals surface area (Å²) in [5.41, 5.74) is 8.97. The maximum absolute atomic E-state index is 12.7. The average Bonchev–Trinajstić information content (AvgIpc) is 2.82. The van der Waals surface area contributed by atoms with E-state index in [2.05, 4.69) is 41.4 Å². The predicted octanol–water partition coefficient (Wildman–Crippen LogP) is 4.28. The Labute approximate surface area is 194 Å². The van der Waals surface area contributed by atoms with Gasteiger partial charge in [-0.05, 0) is 79.4 Å². The molecule has 1 aliphatic rings. The smallest absolute Gasteiger partial charge is 0.251 e. The van der Waals surface area contributed by atoms with Gasteiger partial charge < -0.3 is 15.8 Å². The molecule has 3 N–H and O–H groups in total. The summed E-state index contributed by atoms with van der Waals surface area (Å²) in [5.74, 6) is 0.663. The molecule has 3 aromatic carbocycles. The van der Waals surface area contributed by atoms with Crippen molar-refractivity contribution < 1.29 is 14.3 Å². The van der Waals surface area contributed by atoms with E-state index in [1.807, 2.05) is 0 Å². The highest BCUT2D eigenvalue weighted by molar-refractivity contribution is 5.94. The minimum atomic E-state index is -0.478. The Balaban J connectivity index is 1.26. The van der Waals surface area contributed by atoms with Crippen molar-refractivity contribution in [3.63, 3.8) is 0 Å². The molecular weight excluding hydrogens is 414 g/mol. The van der Waals surface area contributed by atoms with Gasteiger partial charge in [0.25, 0.3) is 5.91 Å². The summed E-state index contributed by atoms with van der Waals surface area (Å²) in [5, 5.41) is 3.17. The lowest BCUT2D eigenvalue weighted by atomic mass is 10.0. The fourth-order valence-corrected chi connectivity index (χ4v) is 4.03. The lowest BCUT2D eigenvalue weighted by Crippen LogP contribution is -2.44. The molecule has 6 nitrogen and oxygen atoms in total. The highest BCUT2D eigenvalue weighted by atomic mass is 16.5. The minimum absolute atomic E-state index is 0.0651. The molecule has 2 amide bonds. The summed E-state index contributed by atoms with van der Waals surface area (Å²) < 4.78 is 5.78. The van der Waals surface area contributed by atoms with E-state index >= 15 is 0 Å². The monoisotopic (exact) mass is 443 g/mol. The van der Waals surface area contributed by atoms with Crippen LogP contribution in [0, 0.1) is 6.92 Å². The third kappa shape index (κ3) is 5.99. The maximum atomic E-state index is 12.7. The number of nitrogens with two attached hydrogens (primary N) is 1. The van der Waals surface area contributed by atoms with Gasteiger partial charge in [0.15, 0.2) is 0 Å². The second kappa shape index (κ2) is 10.3. The number of piperidine rings is 1. The van der Waals surface area contributed by atoms with E-state index in [9.17, 15) is 9.59 Å². The number of carbonyl (C=O) groups is 2. The van der Waals surface area contributed by atoms with E-state index in [0.29, 0.717) is 22.6 Å². The number of rotatable bonds is 7. The molecule has 33 heavy (non-hydrogen) atoms. The summed E-state index contributed by atoms with van der Waals surface area (Å²) in [6.07, 6.45) is 1.89. The first-order chi connectivity index (χ1) is 16.0. The van der Waals surface area contributed by atoms with Crippen molar-refractivity contribution in [2.24, 2.45) is 5.73 Å². The predicted molar refractivity (Wildman–Crippen MR) is 128 cm³/mol. The van der Waals surface area contributed by atoms with Crippen LogP contribution in [0.15, 0.2) is 72.8 Å². The van der Waals surface area contributed by atoms with Gasteiger partial charge in [0.05, 0.1) is 0 Å². The molecule has 0 bridgehead atoms. The van der Waals surface area contributed by atoms with Crippen LogP contribution in [0.2, 0.25) is 0 Å². The fourth-order valence-electron chi connectivity index (χ4n) is 4.03. The molecule has 4 rings (SSSR count). The summed E-state index contributed by atoms with van der Waals surface area (Å²) in [6.45, 7) is 5.06. The molecule has 3 aromatic rings. The van der Waals surface area contributed by atoms with E-state index in [4.69, 9.17) is 10.5 Å². The average molecular weight is 444 g/mol. The Hall–Kier alpha value is -3.64. The summed E-state index contributed by atoms with van der Waals surface area (Å²) in [7, 11) is 0. The molecule has 1 aliphatic heterocycles. The summed E-state index contributed by atoms with van der Waals surface area (Å²) in [6, 6.07) is 22.3. The van der Waals surface area contributed by atoms with Gasteiger partial charge in [-0.15, -0.1) is 0 Å². The number of primary amides is 1. The second-order valence-electron chi connectivity index (χ2n) is 8.47. The fraction of sp³-hybridized carbons (Fsp3) is 0.259. The highest BCUT2D eigenvalue weighted by Gasteiger charge is 2.21. The van der Waals surface area contributed by atoms with E-state index in [1.54, 1.807) is 48.5 Å². The Morgan fingerprint density at radius 2 is 1.48 bits per heavy atom. The number of aryl methyl sites for hydroxylation is 1. The molecule has 1 fully saturated rings. The molecule has 0 saturated carbocycles. The van der Waals surface area contributed by atoms with Crippen LogP contribution in [0.1, 0.15) is 44.7 Å². The molecular formula is C27H29N3O3. The zero-order valence-corrected chi connectivity index (χ0v) is 18.8. The van der Waals surface area contributed by atoms with Crippen molar-refractivity contribution in [2.45, 2.75) is 32.4 Å². The van der Waals surface area contributed by atoms with Crippen molar-refractivity contribution in [3.05, 3.63) is 95.1 Å². The molecule has 0 unspecified atom stereocenters. The second-order valence-corrected chi connectivity index (χ2v) is 8.47. The van der Waals surface area contributed by atoms with Crippen molar-refractivity contribution >= 4 is 11.8 Å². The van der Waals surface area contributed by atoms with Crippen LogP contribution in [0.4, 0.5) is 0 Å². The van der Waals surface area contributed by atoms with E-state index in [1.165, 1.54) is 11.1 Å². The molecule has 170 valence electrons. The van der Waals surface area contributed by atoms with Gasteiger partial charge >= 0.3 is 0 Å². The molecule has 0 atom stereocenters. The van der Waals surface area contributed by atoms with Crippen LogP contribution in [0.5, 0.6) is 11.5 Å². The van der Waals surface area contributed by atoms with E-state index < -0.39 is 5.91 Å². The quantitative estimate of drug-likeness (QED) is 0.571. The van der Waals surface area contributed by atoms with Gasteiger partial charge in [-0.1, -0.05) is 24.3 Å². The van der Waals surface area contributed by atoms with Crippen LogP contribution in [-0.2, 0) is 6.54 Å². The minimum Gasteiger partial charge on any atom is -0.457 e. The molecule has 0 aromatic heterocycles. The van der Waals surface area contributed by atoms with E-state index in [-0.39, 0.29) is 11.9 Å². The van der Waals surface area contributed by atoms with Gasteiger partial charge in [-0.2, -0.15) is 0 Å². The van der Waals surface area contributed by atoms with Crippen molar-refractivity contribution in [1.82, 2.24) is 10.2 Å². The first kappa shape index (κ1) is 22.6. The number of nitrogens with one attached hydrogen (secondary N) is 1. The number of nitrogens with zero attached hydrogens (tertiary/aromatic N) is 1. The van der Waals surface area contributed by atoms with Crippen LogP contribution in [-0.4, -0.2) is 35.8 Å². The lowest BCUT2D eigenvalue weighted by Gasteiger charge is -2.32. The standard InChI is InChI=1S/C27H29N3O3/c1-19-4-2-3-5-22(19)18-30-16-14-23(15-17-30)29-27(32)21-8-12-25(13-9-21)33-24-10-6-20(7-11-24)26(28)31/h2-13,23H,14-18H2,1H3,(H2,28,31)(H,29,32). The van der Waals surface area contributed by atoms with Gasteiger partial charge in [-0.3, -0.25) is 14.5 Å². The van der Waals surface area contributed by atoms with Crippen molar-refractivity contribution in [2.75, 3.05) is 13.1 Å². The van der Waals surface area contributed by atoms with Crippen LogP contribution in [0.25, 0.3) is 0 Å². The van der Waals surface area contributed by atoms with Crippen molar-refractivity contribution in [3.8, 4) is 11.5 Å². The number of amides is 2. The number of hydrogen-bond donors (Lipinski definition) is 2. The molecule has 0 aliphatic carbocycles. The number of ether oxygens (including phenoxy) is 1. The van der Waals surface area contributed by atoms with Gasteiger partial charge in [-0.25, -0.2) is 0 Å². The molecule has 1 saturated heterocycles. The Kier molecular flexibility index (Phi) is 7.05. The Morgan fingerprint density at radius 3 is 2.06 bits per heavy atom. The molecule has 0 radical (unpaired) electrons. The van der Waals surface area contributed by atoms with Gasteiger partial charge in [0, 0.05) is 36.8 Å². The third-order valence-corrected chi connectivity index (χ3v) is 6.07. The SMILES string of the molecule is Cc1ccccc1CN1CCC(NC(=O)c2ccc(Oc3ccc(C(N)=O)cc3)cc2)CC1. The summed E-state index contributed by atoms with van der Waals surface area (Å²) in [4.78, 5) is 26.3. The Morgan fingerprint density at radius 1 is 0.909 bits per heavy atom. The summed E-state index contributed by atoms with van der Waals surface area (Å²) >= 11 is 0. The Bertz CT molecular complexity index is 1100. The number of carbonyl (C=O) groups excluding carboxylic acids is 2. The molecule has 6 heteroatoms. The van der Waals surface area contributed by atoms with Crippen LogP contribution < -0.4 is 15.8 Å². The van der Waals surface area contributed by atoms with Crippen LogP contribution in [0.3, 0.4) is 0 Å². The largest absolute Gasteiger partial charge is 0.457 e. The van der Waals surface area contributed by atoms with E-state index in [0.717, 1.165) is 32.5 Å². The van der Waals surface area contributed by atoms with Gasteiger partial charge in [0.1, 0.15) is 11.5 Å². The number of likely N-dealkylation sites (tertiary alicyclic amines) is 1. The highest BCUT2D eigenvalue weighted by Crippen LogP contribution is 2.22. The zero-order valence-electron chi connectivity index (χ0n) is 18.8.